The highest BCUT2D eigenvalue weighted by molar-refractivity contribution is 7.07. The van der Waals surface area contributed by atoms with Gasteiger partial charge in [-0.2, -0.15) is 11.3 Å². The fourth-order valence-electron chi connectivity index (χ4n) is 4.63. The van der Waals surface area contributed by atoms with Crippen LogP contribution in [0, 0.1) is 5.92 Å². The maximum atomic E-state index is 6.33. The van der Waals surface area contributed by atoms with E-state index < -0.39 is 0 Å². The Kier molecular flexibility index (Phi) is 5.62. The Labute approximate surface area is 188 Å². The predicted octanol–water partition coefficient (Wildman–Crippen LogP) is 7.78. The number of rotatable bonds is 6. The van der Waals surface area contributed by atoms with Crippen LogP contribution in [0.3, 0.4) is 0 Å². The van der Waals surface area contributed by atoms with E-state index in [0.29, 0.717) is 0 Å². The van der Waals surface area contributed by atoms with Gasteiger partial charge in [-0.3, -0.25) is 4.99 Å². The number of thiophene rings is 1. The number of hydrogen-bond donors (Lipinski definition) is 0. The lowest BCUT2D eigenvalue weighted by Gasteiger charge is -2.12. The SMILES string of the molecule is CC(=NCCC1=CCC2CC2c2ccc(Cl)cc21)c1cccc(Cc2ccsc2)c1. The highest BCUT2D eigenvalue weighted by atomic mass is 35.5. The Bertz CT molecular complexity index is 1110. The molecule has 2 aliphatic carbocycles. The van der Waals surface area contributed by atoms with Crippen molar-refractivity contribution in [2.75, 3.05) is 6.54 Å². The van der Waals surface area contributed by atoms with Crippen LogP contribution in [-0.2, 0) is 6.42 Å². The molecule has 0 radical (unpaired) electrons. The van der Waals surface area contributed by atoms with Gasteiger partial charge in [0, 0.05) is 17.3 Å². The summed E-state index contributed by atoms with van der Waals surface area (Å²) in [6, 6.07) is 17.5. The summed E-state index contributed by atoms with van der Waals surface area (Å²) >= 11 is 8.09. The van der Waals surface area contributed by atoms with E-state index in [1.54, 1.807) is 11.3 Å². The second kappa shape index (κ2) is 8.53. The molecule has 1 nitrogen and oxygen atoms in total. The van der Waals surface area contributed by atoms with Gasteiger partial charge >= 0.3 is 0 Å². The third-order valence-electron chi connectivity index (χ3n) is 6.41. The lowest BCUT2D eigenvalue weighted by Crippen LogP contribution is -1.99. The Morgan fingerprint density at radius 2 is 2.07 bits per heavy atom. The maximum Gasteiger partial charge on any atom is 0.0433 e. The summed E-state index contributed by atoms with van der Waals surface area (Å²) in [6.07, 6.45) is 6.92. The number of nitrogens with zero attached hydrogens (tertiary/aromatic N) is 1. The zero-order chi connectivity index (χ0) is 20.5. The highest BCUT2D eigenvalue weighted by Crippen LogP contribution is 2.54. The van der Waals surface area contributed by atoms with Gasteiger partial charge in [0.1, 0.15) is 0 Å². The van der Waals surface area contributed by atoms with Crippen LogP contribution in [0.25, 0.3) is 5.57 Å². The highest BCUT2D eigenvalue weighted by Gasteiger charge is 2.40. The van der Waals surface area contributed by atoms with Crippen LogP contribution in [0.1, 0.15) is 59.9 Å². The monoisotopic (exact) mass is 431 g/mol. The minimum atomic E-state index is 0.738. The van der Waals surface area contributed by atoms with Crippen LogP contribution in [-0.4, -0.2) is 12.3 Å². The molecule has 3 heteroatoms. The normalized spacial score (nSPS) is 20.2. The molecule has 1 aromatic heterocycles. The minimum Gasteiger partial charge on any atom is -0.289 e. The summed E-state index contributed by atoms with van der Waals surface area (Å²) < 4.78 is 0. The van der Waals surface area contributed by atoms with Gasteiger partial charge in [0.05, 0.1) is 0 Å². The van der Waals surface area contributed by atoms with E-state index in [-0.39, 0.29) is 0 Å². The number of aliphatic imine (C=N–C) groups is 1. The molecule has 1 saturated carbocycles. The van der Waals surface area contributed by atoms with Crippen molar-refractivity contribution >= 4 is 34.2 Å². The van der Waals surface area contributed by atoms with Crippen molar-refractivity contribution < 1.29 is 0 Å². The first kappa shape index (κ1) is 19.8. The van der Waals surface area contributed by atoms with Gasteiger partial charge in [0.25, 0.3) is 0 Å². The summed E-state index contributed by atoms with van der Waals surface area (Å²) in [5.74, 6) is 1.57. The second-order valence-electron chi connectivity index (χ2n) is 8.52. The summed E-state index contributed by atoms with van der Waals surface area (Å²) in [7, 11) is 0. The van der Waals surface area contributed by atoms with E-state index in [1.807, 2.05) is 6.07 Å². The number of benzene rings is 2. The number of fused-ring (bicyclic) bond motifs is 3. The summed E-state index contributed by atoms with van der Waals surface area (Å²) in [4.78, 5) is 4.93. The fraction of sp³-hybridized carbons (Fsp3) is 0.296. The zero-order valence-electron chi connectivity index (χ0n) is 17.3. The lowest BCUT2D eigenvalue weighted by molar-refractivity contribution is 0.826. The first-order valence-electron chi connectivity index (χ1n) is 10.8. The first-order chi connectivity index (χ1) is 14.7. The maximum absolute atomic E-state index is 6.33. The van der Waals surface area contributed by atoms with Crippen molar-refractivity contribution in [1.82, 2.24) is 0 Å². The molecule has 30 heavy (non-hydrogen) atoms. The molecule has 5 rings (SSSR count). The van der Waals surface area contributed by atoms with Gasteiger partial charge in [0.15, 0.2) is 0 Å². The van der Waals surface area contributed by atoms with Crippen molar-refractivity contribution in [3.63, 3.8) is 0 Å². The zero-order valence-corrected chi connectivity index (χ0v) is 18.8. The first-order valence-corrected chi connectivity index (χ1v) is 12.1. The molecule has 2 unspecified atom stereocenters. The molecule has 0 aliphatic heterocycles. The van der Waals surface area contributed by atoms with Crippen LogP contribution in [0.4, 0.5) is 0 Å². The molecule has 3 aromatic rings. The Balaban J connectivity index is 1.29. The van der Waals surface area contributed by atoms with Gasteiger partial charge in [-0.15, -0.1) is 0 Å². The quantitative estimate of drug-likeness (QED) is 0.353. The third kappa shape index (κ3) is 4.31. The predicted molar refractivity (Wildman–Crippen MR) is 130 cm³/mol. The van der Waals surface area contributed by atoms with E-state index in [0.717, 1.165) is 42.0 Å². The van der Waals surface area contributed by atoms with E-state index >= 15 is 0 Å². The second-order valence-corrected chi connectivity index (χ2v) is 9.74. The van der Waals surface area contributed by atoms with Gasteiger partial charge in [-0.1, -0.05) is 41.9 Å². The molecule has 152 valence electrons. The molecular formula is C27H26ClNS. The molecule has 1 fully saturated rings. The van der Waals surface area contributed by atoms with Crippen LogP contribution in [0.2, 0.25) is 5.02 Å². The number of hydrogen-bond acceptors (Lipinski definition) is 2. The molecular weight excluding hydrogens is 406 g/mol. The van der Waals surface area contributed by atoms with Crippen LogP contribution >= 0.6 is 22.9 Å². The van der Waals surface area contributed by atoms with E-state index in [2.05, 4.69) is 66.2 Å². The Morgan fingerprint density at radius 1 is 1.13 bits per heavy atom. The van der Waals surface area contributed by atoms with Crippen LogP contribution in [0.5, 0.6) is 0 Å². The van der Waals surface area contributed by atoms with Gasteiger partial charge in [-0.25, -0.2) is 0 Å². The molecule has 2 aromatic carbocycles. The number of allylic oxidation sites excluding steroid dienone is 1. The smallest absolute Gasteiger partial charge is 0.0433 e. The van der Waals surface area contributed by atoms with Gasteiger partial charge in [-0.05, 0) is 113 Å². The van der Waals surface area contributed by atoms with Crippen molar-refractivity contribution in [1.29, 1.82) is 0 Å². The van der Waals surface area contributed by atoms with Crippen molar-refractivity contribution in [3.05, 3.63) is 98.2 Å². The average Bonchev–Trinajstić information content (AvgIpc) is 3.37. The molecule has 0 amide bonds. The molecule has 0 spiro atoms. The van der Waals surface area contributed by atoms with E-state index in [1.165, 1.54) is 46.2 Å². The van der Waals surface area contributed by atoms with Crippen molar-refractivity contribution in [2.45, 2.75) is 38.5 Å². The lowest BCUT2D eigenvalue weighted by atomic mass is 9.95. The summed E-state index contributed by atoms with van der Waals surface area (Å²) in [6.45, 7) is 2.94. The van der Waals surface area contributed by atoms with Crippen molar-refractivity contribution in [3.8, 4) is 0 Å². The Morgan fingerprint density at radius 3 is 2.93 bits per heavy atom. The topological polar surface area (TPSA) is 12.4 Å². The molecule has 1 heterocycles. The molecule has 0 saturated heterocycles. The Hall–Kier alpha value is -2.16. The fourth-order valence-corrected chi connectivity index (χ4v) is 5.47. The van der Waals surface area contributed by atoms with E-state index in [4.69, 9.17) is 16.6 Å². The molecule has 2 atom stereocenters. The molecule has 0 bridgehead atoms. The van der Waals surface area contributed by atoms with Crippen LogP contribution < -0.4 is 0 Å². The summed E-state index contributed by atoms with van der Waals surface area (Å²) in [5.41, 5.74) is 9.33. The van der Waals surface area contributed by atoms with Gasteiger partial charge < -0.3 is 0 Å². The third-order valence-corrected chi connectivity index (χ3v) is 7.38. The van der Waals surface area contributed by atoms with Gasteiger partial charge in [0.2, 0.25) is 0 Å². The van der Waals surface area contributed by atoms with E-state index in [9.17, 15) is 0 Å². The molecule has 2 aliphatic rings. The number of halogens is 1. The average molecular weight is 432 g/mol. The molecule has 0 N–H and O–H groups in total. The summed E-state index contributed by atoms with van der Waals surface area (Å²) in [5, 5.41) is 5.20. The van der Waals surface area contributed by atoms with Crippen molar-refractivity contribution in [2.24, 2.45) is 10.9 Å². The minimum absolute atomic E-state index is 0.738. The van der Waals surface area contributed by atoms with Crippen LogP contribution in [0.15, 0.2) is 70.4 Å². The largest absolute Gasteiger partial charge is 0.289 e. The standard InChI is InChI=1S/C27H26ClNS/c1-18(22-4-2-3-19(14-22)13-20-10-12-30-17-20)29-11-9-21-5-6-23-15-26(23)25-8-7-24(28)16-27(21)25/h2-5,7-8,10,12,14,16-17,23,26H,6,9,11,13,15H2,1H3.